The van der Waals surface area contributed by atoms with Crippen LogP contribution in [0.4, 0.5) is 0 Å². The van der Waals surface area contributed by atoms with Crippen molar-refractivity contribution in [2.75, 3.05) is 0 Å². The Bertz CT molecular complexity index is 886. The van der Waals surface area contributed by atoms with Crippen molar-refractivity contribution < 1.29 is 29.2 Å². The zero-order valence-corrected chi connectivity index (χ0v) is 21.5. The first-order chi connectivity index (χ1) is 17.4. The first-order valence-electron chi connectivity index (χ1n) is 13.6. The highest BCUT2D eigenvalue weighted by Gasteiger charge is 2.46. The summed E-state index contributed by atoms with van der Waals surface area (Å²) in [5.74, 6) is -0.210. The minimum Gasteiger partial charge on any atom is -0.456 e. The molecule has 1 saturated heterocycles. The molecule has 0 spiro atoms. The van der Waals surface area contributed by atoms with Gasteiger partial charge >= 0.3 is 5.97 Å². The zero-order valence-electron chi connectivity index (χ0n) is 21.5. The number of carbonyl (C=O) groups is 1. The van der Waals surface area contributed by atoms with Crippen molar-refractivity contribution in [1.82, 2.24) is 0 Å². The number of fused-ring (bicyclic) bond motifs is 3. The Balaban J connectivity index is 1.44. The molecule has 2 N–H and O–H groups in total. The molecule has 8 atom stereocenters. The highest BCUT2D eigenvalue weighted by molar-refractivity contribution is 5.82. The lowest BCUT2D eigenvalue weighted by atomic mass is 9.90. The van der Waals surface area contributed by atoms with Gasteiger partial charge in [-0.3, -0.25) is 0 Å². The molecule has 36 heavy (non-hydrogen) atoms. The fourth-order valence-electron chi connectivity index (χ4n) is 5.48. The summed E-state index contributed by atoms with van der Waals surface area (Å²) in [5.41, 5.74) is 2.37. The molecule has 1 aliphatic carbocycles. The number of cyclic esters (lactones) is 1. The van der Waals surface area contributed by atoms with Gasteiger partial charge in [-0.1, -0.05) is 54.2 Å². The summed E-state index contributed by atoms with van der Waals surface area (Å²) < 4.78 is 17.6. The molecule has 198 valence electrons. The molecule has 4 rings (SSSR count). The summed E-state index contributed by atoms with van der Waals surface area (Å²) in [4.78, 5) is 12.6. The van der Waals surface area contributed by atoms with Crippen LogP contribution >= 0.6 is 0 Å². The maximum absolute atomic E-state index is 12.6. The van der Waals surface area contributed by atoms with Crippen molar-refractivity contribution >= 4 is 5.97 Å². The van der Waals surface area contributed by atoms with Gasteiger partial charge in [0.2, 0.25) is 0 Å². The number of esters is 1. The first kappa shape index (κ1) is 27.1. The molecule has 6 nitrogen and oxygen atoms in total. The van der Waals surface area contributed by atoms with Gasteiger partial charge in [0.05, 0.1) is 24.4 Å². The van der Waals surface area contributed by atoms with Gasteiger partial charge in [-0.15, -0.1) is 0 Å². The van der Waals surface area contributed by atoms with Gasteiger partial charge in [0.15, 0.2) is 0 Å². The maximum atomic E-state index is 12.6. The Hall–Kier alpha value is -1.99. The van der Waals surface area contributed by atoms with Crippen molar-refractivity contribution in [1.29, 1.82) is 0 Å². The molecule has 0 amide bonds. The first-order valence-corrected chi connectivity index (χ1v) is 13.6. The predicted octanol–water partition coefficient (Wildman–Crippen LogP) is 4.87. The van der Waals surface area contributed by atoms with Crippen molar-refractivity contribution in [3.8, 4) is 0 Å². The second kappa shape index (κ2) is 13.0. The van der Waals surface area contributed by atoms with E-state index in [1.54, 1.807) is 12.2 Å². The van der Waals surface area contributed by atoms with Crippen LogP contribution < -0.4 is 0 Å². The molecule has 4 aliphatic rings. The molecule has 6 heteroatoms. The number of hydrogen-bond acceptors (Lipinski definition) is 6. The minimum atomic E-state index is -0.953. The molecule has 1 fully saturated rings. The third kappa shape index (κ3) is 8.27. The van der Waals surface area contributed by atoms with Crippen molar-refractivity contribution in [3.63, 3.8) is 0 Å². The van der Waals surface area contributed by atoms with Gasteiger partial charge in [-0.05, 0) is 70.6 Å². The van der Waals surface area contributed by atoms with Crippen molar-refractivity contribution in [2.24, 2.45) is 5.92 Å². The quantitative estimate of drug-likeness (QED) is 0.328. The third-order valence-electron chi connectivity index (χ3n) is 7.57. The molecule has 2 bridgehead atoms. The van der Waals surface area contributed by atoms with Gasteiger partial charge in [0, 0.05) is 12.5 Å². The van der Waals surface area contributed by atoms with E-state index < -0.39 is 24.3 Å². The SMILES string of the molecule is C=C1CCCC2CC=CC(C/C=C\C(=O)OC(C(O)/C=C/C3C=C(C)CCC3)C[C@@H]3OC3[C@@H](O)C1)O2. The van der Waals surface area contributed by atoms with Crippen LogP contribution in [0.2, 0.25) is 0 Å². The summed E-state index contributed by atoms with van der Waals surface area (Å²) in [6, 6.07) is 0. The monoisotopic (exact) mass is 498 g/mol. The minimum absolute atomic E-state index is 0.0614. The summed E-state index contributed by atoms with van der Waals surface area (Å²) in [7, 11) is 0. The van der Waals surface area contributed by atoms with Crippen molar-refractivity contribution in [3.05, 3.63) is 60.3 Å². The zero-order chi connectivity index (χ0) is 25.5. The van der Waals surface area contributed by atoms with E-state index in [0.29, 0.717) is 19.3 Å². The molecule has 0 radical (unpaired) electrons. The van der Waals surface area contributed by atoms with E-state index in [1.807, 2.05) is 12.2 Å². The smallest absolute Gasteiger partial charge is 0.330 e. The fraction of sp³-hybridized carbons (Fsp3) is 0.633. The Morgan fingerprint density at radius 3 is 2.81 bits per heavy atom. The normalized spacial score (nSPS) is 38.3. The lowest BCUT2D eigenvalue weighted by molar-refractivity contribution is -0.148. The van der Waals surface area contributed by atoms with E-state index in [4.69, 9.17) is 14.2 Å². The molecular formula is C30H42O6. The van der Waals surface area contributed by atoms with Crippen LogP contribution in [-0.2, 0) is 19.0 Å². The van der Waals surface area contributed by atoms with Gasteiger partial charge in [-0.2, -0.15) is 0 Å². The number of carbonyl (C=O) groups excluding carboxylic acids is 1. The van der Waals surface area contributed by atoms with E-state index in [-0.39, 0.29) is 30.3 Å². The van der Waals surface area contributed by atoms with Gasteiger partial charge in [0.1, 0.15) is 18.3 Å². The Labute approximate surface area is 215 Å². The van der Waals surface area contributed by atoms with Crippen LogP contribution in [0.5, 0.6) is 0 Å². The fourth-order valence-corrected chi connectivity index (χ4v) is 5.48. The lowest BCUT2D eigenvalue weighted by Gasteiger charge is -2.25. The average Bonchev–Trinajstić information content (AvgIpc) is 3.61. The van der Waals surface area contributed by atoms with Gasteiger partial charge in [-0.25, -0.2) is 4.79 Å². The molecule has 0 aromatic rings. The molecule has 3 heterocycles. The number of rotatable bonds is 3. The number of hydrogen-bond donors (Lipinski definition) is 2. The second-order valence-corrected chi connectivity index (χ2v) is 10.8. The number of ether oxygens (including phenoxy) is 3. The number of epoxide rings is 1. The lowest BCUT2D eigenvalue weighted by Crippen LogP contribution is -2.32. The van der Waals surface area contributed by atoms with E-state index in [2.05, 4.69) is 25.7 Å². The average molecular weight is 499 g/mol. The van der Waals surface area contributed by atoms with Crippen LogP contribution in [0.1, 0.15) is 71.1 Å². The number of aliphatic hydroxyl groups is 2. The highest BCUT2D eigenvalue weighted by Crippen LogP contribution is 2.34. The Kier molecular flexibility index (Phi) is 9.77. The molecule has 3 aliphatic heterocycles. The third-order valence-corrected chi connectivity index (χ3v) is 7.57. The Morgan fingerprint density at radius 1 is 1.14 bits per heavy atom. The predicted molar refractivity (Wildman–Crippen MR) is 139 cm³/mol. The largest absolute Gasteiger partial charge is 0.456 e. The summed E-state index contributed by atoms with van der Waals surface area (Å²) in [6.07, 6.45) is 18.9. The van der Waals surface area contributed by atoms with Gasteiger partial charge < -0.3 is 24.4 Å². The second-order valence-electron chi connectivity index (χ2n) is 10.8. The van der Waals surface area contributed by atoms with Crippen LogP contribution in [0.25, 0.3) is 0 Å². The van der Waals surface area contributed by atoms with Crippen LogP contribution in [0.3, 0.4) is 0 Å². The van der Waals surface area contributed by atoms with Crippen LogP contribution in [-0.4, -0.2) is 58.9 Å². The molecule has 0 aromatic carbocycles. The van der Waals surface area contributed by atoms with E-state index >= 15 is 0 Å². The number of allylic oxidation sites excluding steroid dienone is 3. The van der Waals surface area contributed by atoms with Crippen LogP contribution in [0, 0.1) is 5.92 Å². The van der Waals surface area contributed by atoms with E-state index in [1.165, 1.54) is 11.6 Å². The van der Waals surface area contributed by atoms with Crippen LogP contribution in [0.15, 0.2) is 60.3 Å². The topological polar surface area (TPSA) is 88.5 Å². The van der Waals surface area contributed by atoms with E-state index in [0.717, 1.165) is 50.5 Å². The maximum Gasteiger partial charge on any atom is 0.330 e. The standard InChI is InChI=1S/C30H42O6/c1-20-7-3-9-22(17-20)15-16-25(31)27-19-28-30(36-28)26(32)18-21(2)8-4-10-23-11-5-12-24(34-23)13-6-14-29(33)35-27/h5-6,12,14-17,22-28,30-32H,2-4,7-11,13,18-19H2,1H3/b14-6-,16-15+/t22?,23?,24?,25?,26-,27?,28-,30?/m0/s1. The summed E-state index contributed by atoms with van der Waals surface area (Å²) >= 11 is 0. The highest BCUT2D eigenvalue weighted by atomic mass is 16.6. The summed E-state index contributed by atoms with van der Waals surface area (Å²) in [5, 5.41) is 21.6. The number of aliphatic hydroxyl groups excluding tert-OH is 2. The molecular weight excluding hydrogens is 456 g/mol. The molecule has 0 aromatic heterocycles. The van der Waals surface area contributed by atoms with Crippen molar-refractivity contribution in [2.45, 2.75) is 114 Å². The molecule has 0 saturated carbocycles. The summed E-state index contributed by atoms with van der Waals surface area (Å²) in [6.45, 7) is 6.29. The van der Waals surface area contributed by atoms with Gasteiger partial charge in [0.25, 0.3) is 0 Å². The molecule has 6 unspecified atom stereocenters. The van der Waals surface area contributed by atoms with E-state index in [9.17, 15) is 15.0 Å². The Morgan fingerprint density at radius 2 is 1.97 bits per heavy atom.